The average molecular weight is 281 g/mol. The zero-order chi connectivity index (χ0) is 14.9. The molecule has 0 radical (unpaired) electrons. The van der Waals surface area contributed by atoms with Crippen molar-refractivity contribution >= 4 is 5.97 Å². The highest BCUT2D eigenvalue weighted by Crippen LogP contribution is 2.37. The van der Waals surface area contributed by atoms with E-state index in [0.717, 1.165) is 6.07 Å². The number of furan rings is 1. The third kappa shape index (κ3) is 2.49. The predicted molar refractivity (Wildman–Crippen MR) is 60.8 cm³/mol. The number of carboxylic acids is 1. The number of nitriles is 1. The minimum absolute atomic E-state index is 0.196. The summed E-state index contributed by atoms with van der Waals surface area (Å²) in [5.74, 6) is -3.56. The maximum Gasteiger partial charge on any atom is 0.450 e. The van der Waals surface area contributed by atoms with Gasteiger partial charge >= 0.3 is 12.1 Å². The van der Waals surface area contributed by atoms with Gasteiger partial charge < -0.3 is 9.52 Å². The second-order valence-corrected chi connectivity index (χ2v) is 3.85. The Bertz CT molecular complexity index is 710. The zero-order valence-corrected chi connectivity index (χ0v) is 9.73. The topological polar surface area (TPSA) is 74.2 Å². The van der Waals surface area contributed by atoms with Crippen LogP contribution in [0.3, 0.4) is 0 Å². The van der Waals surface area contributed by atoms with Crippen LogP contribution in [0.15, 0.2) is 34.7 Å². The predicted octanol–water partition coefficient (Wildman–Crippen LogP) is 3.54. The molecule has 0 spiro atoms. The average Bonchev–Trinajstić information content (AvgIpc) is 2.84. The lowest BCUT2D eigenvalue weighted by atomic mass is 10.1. The van der Waals surface area contributed by atoms with Crippen LogP contribution in [-0.2, 0) is 6.18 Å². The molecule has 0 bridgehead atoms. The molecule has 0 aliphatic rings. The summed E-state index contributed by atoms with van der Waals surface area (Å²) in [4.78, 5) is 10.8. The van der Waals surface area contributed by atoms with Gasteiger partial charge in [-0.2, -0.15) is 18.4 Å². The van der Waals surface area contributed by atoms with Gasteiger partial charge in [0.25, 0.3) is 0 Å². The molecule has 0 fully saturated rings. The Morgan fingerprint density at radius 3 is 2.50 bits per heavy atom. The Kier molecular flexibility index (Phi) is 3.24. The zero-order valence-electron chi connectivity index (χ0n) is 9.73. The second kappa shape index (κ2) is 4.74. The molecule has 1 aromatic heterocycles. The van der Waals surface area contributed by atoms with Gasteiger partial charge in [-0.15, -0.1) is 0 Å². The summed E-state index contributed by atoms with van der Waals surface area (Å²) in [5.41, 5.74) is -0.541. The van der Waals surface area contributed by atoms with Gasteiger partial charge in [-0.3, -0.25) is 0 Å². The van der Waals surface area contributed by atoms with E-state index in [2.05, 4.69) is 4.42 Å². The molecule has 0 aliphatic heterocycles. The molecule has 2 aromatic rings. The van der Waals surface area contributed by atoms with Crippen LogP contribution < -0.4 is 0 Å². The van der Waals surface area contributed by atoms with Crippen molar-refractivity contribution in [1.29, 1.82) is 5.26 Å². The van der Waals surface area contributed by atoms with Crippen molar-refractivity contribution in [1.82, 2.24) is 0 Å². The van der Waals surface area contributed by atoms with E-state index in [1.807, 2.05) is 6.07 Å². The highest BCUT2D eigenvalue weighted by atomic mass is 19.4. The van der Waals surface area contributed by atoms with Crippen molar-refractivity contribution in [3.8, 4) is 17.4 Å². The Labute approximate surface area is 110 Å². The smallest absolute Gasteiger partial charge is 0.450 e. The lowest BCUT2D eigenvalue weighted by Gasteiger charge is -2.03. The Balaban J connectivity index is 2.59. The highest BCUT2D eigenvalue weighted by Gasteiger charge is 2.40. The first-order valence-corrected chi connectivity index (χ1v) is 5.28. The number of carboxylic acid groups (broad SMARTS) is 1. The minimum atomic E-state index is -4.90. The van der Waals surface area contributed by atoms with Crippen LogP contribution in [0.1, 0.15) is 21.7 Å². The van der Waals surface area contributed by atoms with Crippen molar-refractivity contribution in [2.45, 2.75) is 6.18 Å². The Morgan fingerprint density at radius 1 is 1.30 bits per heavy atom. The van der Waals surface area contributed by atoms with Crippen LogP contribution in [0.4, 0.5) is 13.2 Å². The lowest BCUT2D eigenvalue weighted by Crippen LogP contribution is -2.09. The van der Waals surface area contributed by atoms with Crippen molar-refractivity contribution in [2.24, 2.45) is 0 Å². The van der Waals surface area contributed by atoms with E-state index in [0.29, 0.717) is 0 Å². The molecule has 0 aliphatic carbocycles. The molecule has 1 N–H and O–H groups in total. The van der Waals surface area contributed by atoms with Crippen LogP contribution in [0.2, 0.25) is 0 Å². The number of hydrogen-bond acceptors (Lipinski definition) is 3. The molecular formula is C13H6F3NO3. The van der Waals surface area contributed by atoms with E-state index in [9.17, 15) is 18.0 Å². The maximum atomic E-state index is 12.7. The van der Waals surface area contributed by atoms with E-state index in [1.165, 1.54) is 24.3 Å². The van der Waals surface area contributed by atoms with Crippen LogP contribution in [0, 0.1) is 11.3 Å². The van der Waals surface area contributed by atoms with Crippen molar-refractivity contribution < 1.29 is 27.5 Å². The summed E-state index contributed by atoms with van der Waals surface area (Å²) in [6.45, 7) is 0. The Morgan fingerprint density at radius 2 is 2.00 bits per heavy atom. The van der Waals surface area contributed by atoms with Crippen LogP contribution >= 0.6 is 0 Å². The molecule has 4 nitrogen and oxygen atoms in total. The van der Waals surface area contributed by atoms with Gasteiger partial charge in [-0.25, -0.2) is 4.79 Å². The second-order valence-electron chi connectivity index (χ2n) is 3.85. The van der Waals surface area contributed by atoms with E-state index >= 15 is 0 Å². The third-order valence-corrected chi connectivity index (χ3v) is 2.50. The number of carbonyl (C=O) groups is 1. The molecule has 7 heteroatoms. The summed E-state index contributed by atoms with van der Waals surface area (Å²) in [6.07, 6.45) is -4.90. The fourth-order valence-corrected chi connectivity index (χ4v) is 1.64. The standard InChI is InChI=1S/C13H6F3NO3/c14-13(15,16)11-9(12(18)19)5-10(20-11)8-3-1-2-7(4-8)6-17/h1-5H,(H,18,19). The van der Waals surface area contributed by atoms with E-state index < -0.39 is 23.5 Å². The molecule has 0 atom stereocenters. The number of rotatable bonds is 2. The summed E-state index contributed by atoms with van der Waals surface area (Å²) in [5, 5.41) is 17.5. The first-order valence-electron chi connectivity index (χ1n) is 5.28. The molecule has 0 amide bonds. The van der Waals surface area contributed by atoms with Gasteiger partial charge in [-0.05, 0) is 18.2 Å². The van der Waals surface area contributed by atoms with E-state index in [-0.39, 0.29) is 16.9 Å². The summed E-state index contributed by atoms with van der Waals surface area (Å²) < 4.78 is 42.6. The van der Waals surface area contributed by atoms with Crippen LogP contribution in [0.25, 0.3) is 11.3 Å². The quantitative estimate of drug-likeness (QED) is 0.913. The summed E-state index contributed by atoms with van der Waals surface area (Å²) in [6, 6.07) is 8.29. The number of aromatic carboxylic acids is 1. The monoisotopic (exact) mass is 281 g/mol. The fraction of sp³-hybridized carbons (Fsp3) is 0.0769. The highest BCUT2D eigenvalue weighted by molar-refractivity contribution is 5.90. The molecule has 1 aromatic carbocycles. The number of benzene rings is 1. The lowest BCUT2D eigenvalue weighted by molar-refractivity contribution is -0.153. The van der Waals surface area contributed by atoms with Gasteiger partial charge in [0.2, 0.25) is 5.76 Å². The van der Waals surface area contributed by atoms with Crippen molar-refractivity contribution in [2.75, 3.05) is 0 Å². The first kappa shape index (κ1) is 13.7. The SMILES string of the molecule is N#Cc1cccc(-c2cc(C(=O)O)c(C(F)(F)F)o2)c1. The molecule has 2 rings (SSSR count). The number of hydrogen-bond donors (Lipinski definition) is 1. The summed E-state index contributed by atoms with van der Waals surface area (Å²) >= 11 is 0. The third-order valence-electron chi connectivity index (χ3n) is 2.50. The van der Waals surface area contributed by atoms with Crippen molar-refractivity contribution in [3.05, 3.63) is 47.2 Å². The molecule has 0 saturated carbocycles. The maximum absolute atomic E-state index is 12.7. The first-order chi connectivity index (χ1) is 9.32. The molecule has 0 saturated heterocycles. The van der Waals surface area contributed by atoms with Gasteiger partial charge in [0.05, 0.1) is 11.6 Å². The van der Waals surface area contributed by atoms with Gasteiger partial charge in [0, 0.05) is 5.56 Å². The minimum Gasteiger partial charge on any atom is -0.478 e. The van der Waals surface area contributed by atoms with E-state index in [1.54, 1.807) is 0 Å². The van der Waals surface area contributed by atoms with Crippen molar-refractivity contribution in [3.63, 3.8) is 0 Å². The molecular weight excluding hydrogens is 275 g/mol. The number of nitrogens with zero attached hydrogens (tertiary/aromatic N) is 1. The van der Waals surface area contributed by atoms with Crippen LogP contribution in [-0.4, -0.2) is 11.1 Å². The number of alkyl halides is 3. The molecule has 0 unspecified atom stereocenters. The summed E-state index contributed by atoms with van der Waals surface area (Å²) in [7, 11) is 0. The molecule has 102 valence electrons. The van der Waals surface area contributed by atoms with Gasteiger partial charge in [0.1, 0.15) is 11.3 Å². The van der Waals surface area contributed by atoms with Gasteiger partial charge in [0.15, 0.2) is 0 Å². The number of halogens is 3. The molecule has 20 heavy (non-hydrogen) atoms. The molecule has 1 heterocycles. The van der Waals surface area contributed by atoms with Gasteiger partial charge in [-0.1, -0.05) is 12.1 Å². The normalized spacial score (nSPS) is 11.1. The Hall–Kier alpha value is -2.75. The van der Waals surface area contributed by atoms with Crippen LogP contribution in [0.5, 0.6) is 0 Å². The van der Waals surface area contributed by atoms with E-state index in [4.69, 9.17) is 10.4 Å². The largest absolute Gasteiger partial charge is 0.478 e. The fourth-order valence-electron chi connectivity index (χ4n) is 1.64.